The summed E-state index contributed by atoms with van der Waals surface area (Å²) in [5, 5.41) is 3.79. The Morgan fingerprint density at radius 3 is 2.60 bits per heavy atom. The average molecular weight is 278 g/mol. The minimum atomic E-state index is 0.549. The van der Waals surface area contributed by atoms with Crippen molar-refractivity contribution in [2.24, 2.45) is 11.3 Å². The number of hydrogen-bond donors (Lipinski definition) is 1. The highest BCUT2D eigenvalue weighted by molar-refractivity contribution is 4.96. The van der Waals surface area contributed by atoms with Crippen molar-refractivity contribution in [3.05, 3.63) is 0 Å². The number of piperidine rings is 1. The van der Waals surface area contributed by atoms with Crippen LogP contribution in [0, 0.1) is 11.3 Å². The third-order valence-corrected chi connectivity index (χ3v) is 5.99. The lowest BCUT2D eigenvalue weighted by Crippen LogP contribution is -2.56. The molecular formula is C18H34N2. The summed E-state index contributed by atoms with van der Waals surface area (Å²) in [4.78, 5) is 2.93. The van der Waals surface area contributed by atoms with Crippen LogP contribution in [0.2, 0.25) is 0 Å². The number of rotatable bonds is 2. The van der Waals surface area contributed by atoms with Gasteiger partial charge in [-0.3, -0.25) is 4.90 Å². The summed E-state index contributed by atoms with van der Waals surface area (Å²) in [6.07, 6.45) is 11.4. The molecule has 2 aliphatic heterocycles. The van der Waals surface area contributed by atoms with Crippen LogP contribution >= 0.6 is 0 Å². The minimum Gasteiger partial charge on any atom is -0.312 e. The van der Waals surface area contributed by atoms with Crippen LogP contribution in [0.25, 0.3) is 0 Å². The largest absolute Gasteiger partial charge is 0.312 e. The molecule has 0 radical (unpaired) electrons. The fourth-order valence-corrected chi connectivity index (χ4v) is 5.45. The van der Waals surface area contributed by atoms with E-state index >= 15 is 0 Å². The fourth-order valence-electron chi connectivity index (χ4n) is 5.45. The zero-order valence-electron chi connectivity index (χ0n) is 13.8. The molecule has 4 atom stereocenters. The first kappa shape index (κ1) is 14.8. The maximum absolute atomic E-state index is 3.79. The summed E-state index contributed by atoms with van der Waals surface area (Å²) in [5.41, 5.74) is 0.549. The van der Waals surface area contributed by atoms with Gasteiger partial charge in [-0.15, -0.1) is 0 Å². The first-order valence-corrected chi connectivity index (χ1v) is 9.04. The monoisotopic (exact) mass is 278 g/mol. The second-order valence-electron chi connectivity index (χ2n) is 8.57. The molecule has 0 bridgehead atoms. The molecule has 0 spiro atoms. The van der Waals surface area contributed by atoms with E-state index in [0.29, 0.717) is 5.41 Å². The molecule has 0 aromatic carbocycles. The van der Waals surface area contributed by atoms with Gasteiger partial charge in [-0.2, -0.15) is 0 Å². The van der Waals surface area contributed by atoms with Gasteiger partial charge >= 0.3 is 0 Å². The molecule has 2 heteroatoms. The molecule has 116 valence electrons. The lowest BCUT2D eigenvalue weighted by Gasteiger charge is -2.49. The molecule has 0 aromatic heterocycles. The quantitative estimate of drug-likeness (QED) is 0.826. The molecule has 3 rings (SSSR count). The van der Waals surface area contributed by atoms with Gasteiger partial charge in [0, 0.05) is 18.1 Å². The summed E-state index contributed by atoms with van der Waals surface area (Å²) >= 11 is 0. The Morgan fingerprint density at radius 2 is 1.90 bits per heavy atom. The Hall–Kier alpha value is -0.0800. The zero-order chi connectivity index (χ0) is 14.2. The van der Waals surface area contributed by atoms with Crippen molar-refractivity contribution in [2.45, 2.75) is 90.3 Å². The van der Waals surface area contributed by atoms with Crippen molar-refractivity contribution in [3.63, 3.8) is 0 Å². The number of likely N-dealkylation sites (tertiary alicyclic amines) is 1. The third-order valence-electron chi connectivity index (χ3n) is 5.99. The molecule has 2 heterocycles. The Kier molecular flexibility index (Phi) is 4.42. The van der Waals surface area contributed by atoms with Gasteiger partial charge < -0.3 is 5.32 Å². The van der Waals surface area contributed by atoms with Crippen molar-refractivity contribution in [1.82, 2.24) is 10.2 Å². The van der Waals surface area contributed by atoms with Crippen molar-refractivity contribution in [2.75, 3.05) is 13.1 Å². The van der Waals surface area contributed by atoms with Gasteiger partial charge in [0.2, 0.25) is 0 Å². The van der Waals surface area contributed by atoms with Crippen LogP contribution in [0.3, 0.4) is 0 Å². The van der Waals surface area contributed by atoms with E-state index in [4.69, 9.17) is 0 Å². The molecule has 3 aliphatic rings. The van der Waals surface area contributed by atoms with Gasteiger partial charge in [0.05, 0.1) is 0 Å². The fraction of sp³-hybridized carbons (Fsp3) is 1.00. The van der Waals surface area contributed by atoms with Crippen LogP contribution in [-0.4, -0.2) is 36.1 Å². The Morgan fingerprint density at radius 1 is 1.05 bits per heavy atom. The van der Waals surface area contributed by atoms with Crippen LogP contribution < -0.4 is 5.32 Å². The highest BCUT2D eigenvalue weighted by Gasteiger charge is 2.40. The normalized spacial score (nSPS) is 42.8. The highest BCUT2D eigenvalue weighted by atomic mass is 15.2. The molecule has 3 fully saturated rings. The van der Waals surface area contributed by atoms with Crippen LogP contribution in [-0.2, 0) is 0 Å². The molecular weight excluding hydrogens is 244 g/mol. The predicted molar refractivity (Wildman–Crippen MR) is 86.0 cm³/mol. The summed E-state index contributed by atoms with van der Waals surface area (Å²) in [6.45, 7) is 10.1. The van der Waals surface area contributed by atoms with Gasteiger partial charge in [0.1, 0.15) is 0 Å². The maximum Gasteiger partial charge on any atom is 0.0252 e. The molecule has 1 aliphatic carbocycles. The summed E-state index contributed by atoms with van der Waals surface area (Å²) in [7, 11) is 0. The van der Waals surface area contributed by atoms with E-state index < -0.39 is 0 Å². The Labute approximate surface area is 125 Å². The predicted octanol–water partition coefficient (Wildman–Crippen LogP) is 3.81. The molecule has 1 N–H and O–H groups in total. The third kappa shape index (κ3) is 3.22. The Bertz CT molecular complexity index is 319. The van der Waals surface area contributed by atoms with Crippen molar-refractivity contribution in [3.8, 4) is 0 Å². The van der Waals surface area contributed by atoms with Crippen molar-refractivity contribution < 1.29 is 0 Å². The average Bonchev–Trinajstić information content (AvgIpc) is 2.90. The standard InChI is InChI=1S/C18H34N2/c1-14-11-15(13-18(2,3)12-14)20-10-5-4-8-17(20)16-7-6-9-19-16/h14-17,19H,4-13H2,1-3H3. The van der Waals surface area contributed by atoms with E-state index in [1.165, 1.54) is 64.5 Å². The molecule has 20 heavy (non-hydrogen) atoms. The summed E-state index contributed by atoms with van der Waals surface area (Å²) in [5.74, 6) is 0.905. The van der Waals surface area contributed by atoms with Gasteiger partial charge in [0.15, 0.2) is 0 Å². The number of nitrogens with one attached hydrogen (secondary N) is 1. The van der Waals surface area contributed by atoms with Crippen LogP contribution in [0.1, 0.15) is 72.1 Å². The molecule has 0 amide bonds. The van der Waals surface area contributed by atoms with E-state index in [-0.39, 0.29) is 0 Å². The first-order valence-electron chi connectivity index (χ1n) is 9.04. The lowest BCUT2D eigenvalue weighted by atomic mass is 9.69. The summed E-state index contributed by atoms with van der Waals surface area (Å²) < 4.78 is 0. The lowest BCUT2D eigenvalue weighted by molar-refractivity contribution is 0.0103. The van der Waals surface area contributed by atoms with E-state index in [1.54, 1.807) is 0 Å². The van der Waals surface area contributed by atoms with Gasteiger partial charge in [-0.25, -0.2) is 0 Å². The second-order valence-corrected chi connectivity index (χ2v) is 8.57. The van der Waals surface area contributed by atoms with Crippen LogP contribution in [0.15, 0.2) is 0 Å². The molecule has 0 aromatic rings. The topological polar surface area (TPSA) is 15.3 Å². The zero-order valence-corrected chi connectivity index (χ0v) is 13.8. The maximum atomic E-state index is 3.79. The van der Waals surface area contributed by atoms with Crippen molar-refractivity contribution >= 4 is 0 Å². The molecule has 4 unspecified atom stereocenters. The van der Waals surface area contributed by atoms with Crippen LogP contribution in [0.5, 0.6) is 0 Å². The minimum absolute atomic E-state index is 0.549. The van der Waals surface area contributed by atoms with Gasteiger partial charge in [-0.1, -0.05) is 27.2 Å². The van der Waals surface area contributed by atoms with E-state index in [1.807, 2.05) is 0 Å². The highest BCUT2D eigenvalue weighted by Crippen LogP contribution is 2.42. The van der Waals surface area contributed by atoms with Gasteiger partial charge in [0.25, 0.3) is 0 Å². The van der Waals surface area contributed by atoms with Gasteiger partial charge in [-0.05, 0) is 69.4 Å². The first-order chi connectivity index (χ1) is 9.55. The molecule has 1 saturated carbocycles. The Balaban J connectivity index is 1.71. The van der Waals surface area contributed by atoms with Crippen LogP contribution in [0.4, 0.5) is 0 Å². The van der Waals surface area contributed by atoms with Crippen molar-refractivity contribution in [1.29, 1.82) is 0 Å². The molecule has 2 saturated heterocycles. The second kappa shape index (κ2) is 5.96. The summed E-state index contributed by atoms with van der Waals surface area (Å²) in [6, 6.07) is 2.47. The smallest absolute Gasteiger partial charge is 0.0252 e. The molecule has 2 nitrogen and oxygen atoms in total. The number of nitrogens with zero attached hydrogens (tertiary/aromatic N) is 1. The number of hydrogen-bond acceptors (Lipinski definition) is 2. The van der Waals surface area contributed by atoms with E-state index in [0.717, 1.165) is 24.0 Å². The van der Waals surface area contributed by atoms with E-state index in [2.05, 4.69) is 31.0 Å². The van der Waals surface area contributed by atoms with E-state index in [9.17, 15) is 0 Å². The SMILES string of the molecule is CC1CC(N2CCCCC2C2CCCN2)CC(C)(C)C1.